The van der Waals surface area contributed by atoms with E-state index >= 15 is 0 Å². The number of H-pyrrole nitrogens is 1. The van der Waals surface area contributed by atoms with Gasteiger partial charge in [-0.1, -0.05) is 13.0 Å². The Morgan fingerprint density at radius 3 is 2.71 bits per heavy atom. The van der Waals surface area contributed by atoms with Crippen LogP contribution in [0.1, 0.15) is 34.8 Å². The zero-order valence-corrected chi connectivity index (χ0v) is 19.7. The van der Waals surface area contributed by atoms with E-state index in [4.69, 9.17) is 20.9 Å². The van der Waals surface area contributed by atoms with Crippen molar-refractivity contribution in [2.75, 3.05) is 19.5 Å². The van der Waals surface area contributed by atoms with Crippen LogP contribution >= 0.6 is 0 Å². The summed E-state index contributed by atoms with van der Waals surface area (Å²) in [6.45, 7) is 6.22. The van der Waals surface area contributed by atoms with E-state index in [0.29, 0.717) is 34.7 Å². The lowest BCUT2D eigenvalue weighted by Crippen LogP contribution is -2.22. The van der Waals surface area contributed by atoms with Gasteiger partial charge in [0.25, 0.3) is 5.91 Å². The average Bonchev–Trinajstić information content (AvgIpc) is 3.28. The van der Waals surface area contributed by atoms with Crippen LogP contribution in [0.5, 0.6) is 6.01 Å². The molecule has 176 valence electrons. The van der Waals surface area contributed by atoms with Crippen LogP contribution in [0.2, 0.25) is 0 Å². The summed E-state index contributed by atoms with van der Waals surface area (Å²) in [6, 6.07) is 7.87. The quantitative estimate of drug-likeness (QED) is 0.340. The molecule has 0 spiro atoms. The molecule has 0 aliphatic heterocycles. The van der Waals surface area contributed by atoms with Gasteiger partial charge in [0, 0.05) is 29.8 Å². The molecule has 0 saturated carbocycles. The highest BCUT2D eigenvalue weighted by Crippen LogP contribution is 2.41. The number of fused-ring (bicyclic) bond motifs is 1. The van der Waals surface area contributed by atoms with Gasteiger partial charge in [-0.15, -0.1) is 0 Å². The fraction of sp³-hybridized carbons (Fsp3) is 0.280. The molecule has 2 aromatic carbocycles. The number of anilines is 1. The van der Waals surface area contributed by atoms with Crippen molar-refractivity contribution < 1.29 is 14.3 Å². The number of nitrogens with two attached hydrogens (primary N) is 2. The number of amides is 1. The molecule has 34 heavy (non-hydrogen) atoms. The van der Waals surface area contributed by atoms with Crippen LogP contribution in [0, 0.1) is 13.8 Å². The van der Waals surface area contributed by atoms with Crippen LogP contribution in [-0.4, -0.2) is 45.9 Å². The Hall–Kier alpha value is -3.98. The molecule has 2 heterocycles. The highest BCUT2D eigenvalue weighted by molar-refractivity contribution is 6.08. The van der Waals surface area contributed by atoms with E-state index < -0.39 is 5.91 Å². The maximum absolute atomic E-state index is 12.5. The first kappa shape index (κ1) is 23.2. The normalized spacial score (nSPS) is 12.1. The predicted molar refractivity (Wildman–Crippen MR) is 132 cm³/mol. The Bertz CT molecular complexity index is 1360. The minimum absolute atomic E-state index is 0.175. The molecule has 1 atom stereocenters. The summed E-state index contributed by atoms with van der Waals surface area (Å²) in [5.74, 6) is -0.605. The summed E-state index contributed by atoms with van der Waals surface area (Å²) < 4.78 is 11.1. The number of carbonyl (C=O) groups excluding carboxylic acids is 1. The zero-order valence-electron chi connectivity index (χ0n) is 19.7. The van der Waals surface area contributed by atoms with Crippen molar-refractivity contribution in [1.29, 1.82) is 0 Å². The van der Waals surface area contributed by atoms with Crippen molar-refractivity contribution in [2.24, 2.45) is 5.73 Å². The van der Waals surface area contributed by atoms with Gasteiger partial charge in [-0.05, 0) is 55.2 Å². The molecule has 0 radical (unpaired) electrons. The molecular weight excluding hydrogens is 432 g/mol. The van der Waals surface area contributed by atoms with Crippen LogP contribution < -0.4 is 16.2 Å². The Balaban J connectivity index is 1.92. The van der Waals surface area contributed by atoms with Gasteiger partial charge >= 0.3 is 6.01 Å². The smallest absolute Gasteiger partial charge is 0.317 e. The summed E-state index contributed by atoms with van der Waals surface area (Å²) in [4.78, 5) is 21.3. The second-order valence-electron chi connectivity index (χ2n) is 8.17. The van der Waals surface area contributed by atoms with Crippen molar-refractivity contribution in [3.05, 3.63) is 53.3 Å². The number of ether oxygens (including phenoxy) is 2. The van der Waals surface area contributed by atoms with Gasteiger partial charge in [-0.3, -0.25) is 9.89 Å². The molecule has 2 aromatic heterocycles. The maximum atomic E-state index is 12.5. The molecule has 9 nitrogen and oxygen atoms in total. The lowest BCUT2D eigenvalue weighted by molar-refractivity contribution is 0.0723. The van der Waals surface area contributed by atoms with Crippen LogP contribution in [0.3, 0.4) is 0 Å². The fourth-order valence-electron chi connectivity index (χ4n) is 4.19. The van der Waals surface area contributed by atoms with Gasteiger partial charge in [-0.25, -0.2) is 4.98 Å². The predicted octanol–water partition coefficient (Wildman–Crippen LogP) is 3.79. The number of aryl methyl sites for hydroxylation is 1. The first-order valence-corrected chi connectivity index (χ1v) is 11.0. The third kappa shape index (κ3) is 4.17. The molecule has 4 rings (SSSR count). The lowest BCUT2D eigenvalue weighted by Gasteiger charge is -2.19. The second-order valence-corrected chi connectivity index (χ2v) is 8.17. The number of benzene rings is 2. The van der Waals surface area contributed by atoms with E-state index in [2.05, 4.69) is 20.2 Å². The first-order chi connectivity index (χ1) is 16.3. The van der Waals surface area contributed by atoms with Crippen molar-refractivity contribution in [2.45, 2.75) is 33.3 Å². The Morgan fingerprint density at radius 1 is 1.21 bits per heavy atom. The van der Waals surface area contributed by atoms with Gasteiger partial charge in [0.15, 0.2) is 0 Å². The number of primary amides is 1. The van der Waals surface area contributed by atoms with E-state index in [1.54, 1.807) is 25.6 Å². The summed E-state index contributed by atoms with van der Waals surface area (Å²) in [6.07, 6.45) is 3.94. The molecule has 0 aliphatic carbocycles. The Labute approximate surface area is 197 Å². The van der Waals surface area contributed by atoms with E-state index in [1.807, 2.05) is 39.0 Å². The van der Waals surface area contributed by atoms with Crippen LogP contribution in [0.4, 0.5) is 5.69 Å². The highest BCUT2D eigenvalue weighted by Gasteiger charge is 2.22. The van der Waals surface area contributed by atoms with Gasteiger partial charge in [0.2, 0.25) is 0 Å². The number of hydrogen-bond donors (Lipinski definition) is 3. The van der Waals surface area contributed by atoms with E-state index in [0.717, 1.165) is 28.5 Å². The van der Waals surface area contributed by atoms with Crippen molar-refractivity contribution >= 4 is 22.5 Å². The minimum Gasteiger partial charge on any atom is -0.458 e. The van der Waals surface area contributed by atoms with E-state index in [-0.39, 0.29) is 17.7 Å². The number of aromatic nitrogens is 4. The maximum Gasteiger partial charge on any atom is 0.317 e. The molecule has 1 amide bonds. The number of aromatic amines is 1. The van der Waals surface area contributed by atoms with Crippen molar-refractivity contribution in [3.8, 4) is 28.4 Å². The first-order valence-electron chi connectivity index (χ1n) is 11.0. The standard InChI is InChI=1S/C25H28N6O3/c1-5-15(12-33-4)34-25-28-9-8-19(30-25)16-10-17(23(26)22(14(16)3)24(27)32)21-13(2)6-7-20-18(21)11-29-31-20/h6-11,15H,5,12,26H2,1-4H3,(H2,27,32)(H,29,31). The molecule has 5 N–H and O–H groups in total. The van der Waals surface area contributed by atoms with Gasteiger partial charge in [-0.2, -0.15) is 10.1 Å². The van der Waals surface area contributed by atoms with Crippen LogP contribution in [0.15, 0.2) is 36.7 Å². The molecule has 0 bridgehead atoms. The topological polar surface area (TPSA) is 142 Å². The molecular formula is C25H28N6O3. The van der Waals surface area contributed by atoms with Crippen LogP contribution in [0.25, 0.3) is 33.3 Å². The molecule has 0 saturated heterocycles. The van der Waals surface area contributed by atoms with E-state index in [9.17, 15) is 4.79 Å². The molecule has 4 aromatic rings. The monoisotopic (exact) mass is 460 g/mol. The number of nitrogen functional groups attached to an aromatic ring is 1. The van der Waals surface area contributed by atoms with Gasteiger partial charge in [0.05, 0.1) is 35.3 Å². The summed E-state index contributed by atoms with van der Waals surface area (Å²) >= 11 is 0. The van der Waals surface area contributed by atoms with Gasteiger partial charge in [0.1, 0.15) is 6.10 Å². The molecule has 0 fully saturated rings. The highest BCUT2D eigenvalue weighted by atomic mass is 16.5. The summed E-state index contributed by atoms with van der Waals surface area (Å²) in [7, 11) is 1.62. The third-order valence-electron chi connectivity index (χ3n) is 5.96. The van der Waals surface area contributed by atoms with Crippen LogP contribution in [-0.2, 0) is 4.74 Å². The molecule has 1 unspecified atom stereocenters. The zero-order chi connectivity index (χ0) is 24.4. The summed E-state index contributed by atoms with van der Waals surface area (Å²) in [5.41, 5.74) is 18.3. The van der Waals surface area contributed by atoms with Crippen molar-refractivity contribution in [3.63, 3.8) is 0 Å². The Kier molecular flexibility index (Phi) is 6.47. The SMILES string of the molecule is CCC(COC)Oc1nccc(-c2cc(-c3c(C)ccc4[nH]ncc34)c(N)c(C(N)=O)c2C)n1. The largest absolute Gasteiger partial charge is 0.458 e. The number of methoxy groups -OCH3 is 1. The number of carbonyl (C=O) groups is 1. The number of nitrogens with zero attached hydrogens (tertiary/aromatic N) is 3. The average molecular weight is 461 g/mol. The molecule has 0 aliphatic rings. The van der Waals surface area contributed by atoms with E-state index in [1.165, 1.54) is 0 Å². The second kappa shape index (κ2) is 9.48. The fourth-order valence-corrected chi connectivity index (χ4v) is 4.19. The third-order valence-corrected chi connectivity index (χ3v) is 5.96. The Morgan fingerprint density at radius 2 is 2.00 bits per heavy atom. The van der Waals surface area contributed by atoms with Crippen molar-refractivity contribution in [1.82, 2.24) is 20.2 Å². The number of hydrogen-bond acceptors (Lipinski definition) is 7. The number of rotatable bonds is 8. The lowest BCUT2D eigenvalue weighted by atomic mass is 9.88. The summed E-state index contributed by atoms with van der Waals surface area (Å²) in [5, 5.41) is 8.05. The number of nitrogens with one attached hydrogen (secondary N) is 1. The van der Waals surface area contributed by atoms with Gasteiger partial charge < -0.3 is 20.9 Å². The molecule has 9 heteroatoms. The minimum atomic E-state index is -0.605.